The molecule has 0 spiro atoms. The predicted molar refractivity (Wildman–Crippen MR) is 99.6 cm³/mol. The average molecular weight is 354 g/mol. The maximum Gasteiger partial charge on any atom is 0.258 e. The third kappa shape index (κ3) is 4.10. The summed E-state index contributed by atoms with van der Waals surface area (Å²) in [7, 11) is 0. The molecule has 1 aliphatic heterocycles. The van der Waals surface area contributed by atoms with Crippen molar-refractivity contribution in [3.8, 4) is 0 Å². The zero-order valence-corrected chi connectivity index (χ0v) is 14.9. The Balaban J connectivity index is 1.67. The fraction of sp³-hybridized carbons (Fsp3) is 0.333. The first-order valence-corrected chi connectivity index (χ1v) is 9.04. The molecule has 0 saturated carbocycles. The topological polar surface area (TPSA) is 49.4 Å². The van der Waals surface area contributed by atoms with Gasteiger partial charge >= 0.3 is 0 Å². The third-order valence-corrected chi connectivity index (χ3v) is 4.62. The molecule has 0 bridgehead atoms. The summed E-state index contributed by atoms with van der Waals surface area (Å²) in [4.78, 5) is 26.1. The Morgan fingerprint density at radius 1 is 1.15 bits per heavy atom. The van der Waals surface area contributed by atoms with Gasteiger partial charge in [-0.1, -0.05) is 25.5 Å². The molecule has 0 unspecified atom stereocenters. The van der Waals surface area contributed by atoms with Gasteiger partial charge in [0, 0.05) is 30.8 Å². The van der Waals surface area contributed by atoms with Crippen molar-refractivity contribution in [3.05, 3.63) is 65.0 Å². The summed E-state index contributed by atoms with van der Waals surface area (Å²) in [5.41, 5.74) is 3.50. The summed E-state index contributed by atoms with van der Waals surface area (Å²) in [6.45, 7) is 3.17. The second-order valence-electron chi connectivity index (χ2n) is 6.56. The van der Waals surface area contributed by atoms with E-state index in [1.54, 1.807) is 4.90 Å². The fourth-order valence-electron chi connectivity index (χ4n) is 3.15. The van der Waals surface area contributed by atoms with E-state index in [0.29, 0.717) is 25.1 Å². The lowest BCUT2D eigenvalue weighted by Crippen LogP contribution is -2.28. The highest BCUT2D eigenvalue weighted by atomic mass is 19.1. The van der Waals surface area contributed by atoms with Gasteiger partial charge in [-0.2, -0.15) is 0 Å². The van der Waals surface area contributed by atoms with Crippen LogP contribution < -0.4 is 10.2 Å². The largest absolute Gasteiger partial charge is 0.352 e. The highest BCUT2D eigenvalue weighted by molar-refractivity contribution is 6.07. The second-order valence-corrected chi connectivity index (χ2v) is 6.56. The summed E-state index contributed by atoms with van der Waals surface area (Å²) in [5.74, 6) is -0.404. The lowest BCUT2D eigenvalue weighted by atomic mass is 10.1. The van der Waals surface area contributed by atoms with E-state index in [4.69, 9.17) is 0 Å². The molecule has 1 N–H and O–H groups in total. The van der Waals surface area contributed by atoms with Crippen LogP contribution in [0.25, 0.3) is 0 Å². The van der Waals surface area contributed by atoms with E-state index in [1.165, 1.54) is 24.3 Å². The molecule has 5 heteroatoms. The van der Waals surface area contributed by atoms with E-state index in [9.17, 15) is 14.0 Å². The highest BCUT2D eigenvalue weighted by Gasteiger charge is 2.25. The molecule has 3 rings (SSSR count). The number of unbranched alkanes of at least 4 members (excludes halogenated alkanes) is 1. The van der Waals surface area contributed by atoms with Gasteiger partial charge in [-0.3, -0.25) is 9.59 Å². The first kappa shape index (κ1) is 18.1. The molecule has 2 aromatic carbocycles. The number of rotatable bonds is 6. The van der Waals surface area contributed by atoms with Crippen LogP contribution in [-0.2, 0) is 17.8 Å². The van der Waals surface area contributed by atoms with Crippen molar-refractivity contribution >= 4 is 17.5 Å². The third-order valence-electron chi connectivity index (χ3n) is 4.62. The molecule has 0 aliphatic carbocycles. The molecule has 2 aromatic rings. The van der Waals surface area contributed by atoms with Crippen molar-refractivity contribution in [3.63, 3.8) is 0 Å². The standard InChI is InChI=1S/C21H23FN2O2/c1-2-3-4-20(25)23-14-15-5-10-19-17(13-15)11-12-24(19)21(26)16-6-8-18(22)9-7-16/h5-10,13H,2-4,11-12,14H2,1H3,(H,23,25). The minimum Gasteiger partial charge on any atom is -0.352 e. The van der Waals surface area contributed by atoms with Gasteiger partial charge < -0.3 is 10.2 Å². The summed E-state index contributed by atoms with van der Waals surface area (Å²) >= 11 is 0. The quantitative estimate of drug-likeness (QED) is 0.857. The smallest absolute Gasteiger partial charge is 0.258 e. The van der Waals surface area contributed by atoms with Crippen LogP contribution in [0.4, 0.5) is 10.1 Å². The molecule has 26 heavy (non-hydrogen) atoms. The monoisotopic (exact) mass is 354 g/mol. The van der Waals surface area contributed by atoms with Crippen molar-refractivity contribution in [1.29, 1.82) is 0 Å². The van der Waals surface area contributed by atoms with Crippen LogP contribution in [0.3, 0.4) is 0 Å². The normalized spacial score (nSPS) is 12.8. The van der Waals surface area contributed by atoms with Gasteiger partial charge in [0.05, 0.1) is 0 Å². The number of fused-ring (bicyclic) bond motifs is 1. The SMILES string of the molecule is CCCCC(=O)NCc1ccc2c(c1)CCN2C(=O)c1ccc(F)cc1. The van der Waals surface area contributed by atoms with Crippen LogP contribution >= 0.6 is 0 Å². The summed E-state index contributed by atoms with van der Waals surface area (Å²) < 4.78 is 13.1. The molecule has 2 amide bonds. The fourth-order valence-corrected chi connectivity index (χ4v) is 3.15. The number of anilines is 1. The number of halogens is 1. The van der Waals surface area contributed by atoms with Crippen LogP contribution in [0.15, 0.2) is 42.5 Å². The van der Waals surface area contributed by atoms with Gasteiger partial charge in [-0.15, -0.1) is 0 Å². The van der Waals surface area contributed by atoms with E-state index in [0.717, 1.165) is 36.1 Å². The molecular weight excluding hydrogens is 331 g/mol. The molecule has 0 atom stereocenters. The van der Waals surface area contributed by atoms with Crippen LogP contribution in [-0.4, -0.2) is 18.4 Å². The Labute approximate surface area is 153 Å². The zero-order chi connectivity index (χ0) is 18.5. The van der Waals surface area contributed by atoms with Crippen LogP contribution in [0.5, 0.6) is 0 Å². The van der Waals surface area contributed by atoms with Gasteiger partial charge in [-0.25, -0.2) is 4.39 Å². The van der Waals surface area contributed by atoms with Gasteiger partial charge in [0.15, 0.2) is 0 Å². The maximum atomic E-state index is 13.1. The number of carbonyl (C=O) groups excluding carboxylic acids is 2. The molecule has 0 fully saturated rings. The van der Waals surface area contributed by atoms with Crippen molar-refractivity contribution in [2.45, 2.75) is 39.2 Å². The maximum absolute atomic E-state index is 13.1. The van der Waals surface area contributed by atoms with Gasteiger partial charge in [0.25, 0.3) is 5.91 Å². The number of amides is 2. The average Bonchev–Trinajstić information content (AvgIpc) is 3.08. The Morgan fingerprint density at radius 2 is 1.92 bits per heavy atom. The molecule has 136 valence electrons. The molecule has 0 aromatic heterocycles. The molecule has 4 nitrogen and oxygen atoms in total. The van der Waals surface area contributed by atoms with Gasteiger partial charge in [-0.05, 0) is 54.3 Å². The lowest BCUT2D eigenvalue weighted by molar-refractivity contribution is -0.121. The summed E-state index contributed by atoms with van der Waals surface area (Å²) in [5, 5.41) is 2.94. The Hall–Kier alpha value is -2.69. The predicted octanol–water partition coefficient (Wildman–Crippen LogP) is 3.84. The second kappa shape index (κ2) is 8.13. The van der Waals surface area contributed by atoms with Crippen molar-refractivity contribution < 1.29 is 14.0 Å². The summed E-state index contributed by atoms with van der Waals surface area (Å²) in [6.07, 6.45) is 3.24. The first-order valence-electron chi connectivity index (χ1n) is 9.04. The summed E-state index contributed by atoms with van der Waals surface area (Å²) in [6, 6.07) is 11.5. The van der Waals surface area contributed by atoms with Crippen LogP contribution in [0.2, 0.25) is 0 Å². The minimum atomic E-state index is -0.353. The van der Waals surface area contributed by atoms with Gasteiger partial charge in [0.1, 0.15) is 5.82 Å². The van der Waals surface area contributed by atoms with Crippen LogP contribution in [0, 0.1) is 5.82 Å². The van der Waals surface area contributed by atoms with E-state index in [1.807, 2.05) is 18.2 Å². The van der Waals surface area contributed by atoms with E-state index in [2.05, 4.69) is 12.2 Å². The van der Waals surface area contributed by atoms with Crippen LogP contribution in [0.1, 0.15) is 47.7 Å². The Bertz CT molecular complexity index is 802. The van der Waals surface area contributed by atoms with Crippen molar-refractivity contribution in [2.24, 2.45) is 0 Å². The molecular formula is C21H23FN2O2. The Morgan fingerprint density at radius 3 is 2.65 bits per heavy atom. The first-order chi connectivity index (χ1) is 12.6. The minimum absolute atomic E-state index is 0.0699. The molecule has 0 radical (unpaired) electrons. The molecule has 1 aliphatic rings. The molecule has 0 saturated heterocycles. The number of benzene rings is 2. The lowest BCUT2D eigenvalue weighted by Gasteiger charge is -2.17. The number of hydrogen-bond donors (Lipinski definition) is 1. The van der Waals surface area contributed by atoms with E-state index >= 15 is 0 Å². The van der Waals surface area contributed by atoms with E-state index < -0.39 is 0 Å². The Kier molecular flexibility index (Phi) is 5.66. The number of carbonyl (C=O) groups is 2. The van der Waals surface area contributed by atoms with Gasteiger partial charge in [0.2, 0.25) is 5.91 Å². The number of nitrogens with one attached hydrogen (secondary N) is 1. The zero-order valence-electron chi connectivity index (χ0n) is 14.9. The molecule has 1 heterocycles. The van der Waals surface area contributed by atoms with Crippen molar-refractivity contribution in [1.82, 2.24) is 5.32 Å². The number of hydrogen-bond acceptors (Lipinski definition) is 2. The van der Waals surface area contributed by atoms with E-state index in [-0.39, 0.29) is 17.6 Å². The van der Waals surface area contributed by atoms with Crippen molar-refractivity contribution in [2.75, 3.05) is 11.4 Å². The number of nitrogens with zero attached hydrogens (tertiary/aromatic N) is 1. The highest BCUT2D eigenvalue weighted by Crippen LogP contribution is 2.30.